The number of nitrogens with two attached hydrogens (primary N) is 1. The molecule has 1 aliphatic rings. The van der Waals surface area contributed by atoms with Gasteiger partial charge in [0.1, 0.15) is 5.82 Å². The molecule has 18 heavy (non-hydrogen) atoms. The van der Waals surface area contributed by atoms with Gasteiger partial charge in [-0.3, -0.25) is 0 Å². The van der Waals surface area contributed by atoms with Crippen LogP contribution in [0.25, 0.3) is 0 Å². The highest BCUT2D eigenvalue weighted by Crippen LogP contribution is 2.36. The fourth-order valence-corrected chi connectivity index (χ4v) is 2.60. The van der Waals surface area contributed by atoms with Crippen LogP contribution >= 0.6 is 15.9 Å². The molecule has 2 unspecified atom stereocenters. The van der Waals surface area contributed by atoms with Crippen LogP contribution in [-0.4, -0.2) is 13.1 Å². The van der Waals surface area contributed by atoms with Gasteiger partial charge >= 0.3 is 0 Å². The number of hydrogen-bond donors (Lipinski definition) is 2. The summed E-state index contributed by atoms with van der Waals surface area (Å²) in [6.07, 6.45) is 2.67. The standard InChI is InChI=1S/C14H20BrFN2/c1-9(10-2-3-10)8-18-14(7-17)12-5-4-11(15)6-13(12)16/h4-6,9-10,14,18H,2-3,7-8,17H2,1H3. The summed E-state index contributed by atoms with van der Waals surface area (Å²) in [6.45, 7) is 3.56. The van der Waals surface area contributed by atoms with E-state index in [-0.39, 0.29) is 11.9 Å². The monoisotopic (exact) mass is 314 g/mol. The normalized spacial score (nSPS) is 18.7. The van der Waals surface area contributed by atoms with Crippen molar-refractivity contribution in [2.24, 2.45) is 17.6 Å². The van der Waals surface area contributed by atoms with Gasteiger partial charge in [-0.2, -0.15) is 0 Å². The van der Waals surface area contributed by atoms with Gasteiger partial charge in [0, 0.05) is 22.6 Å². The zero-order valence-electron chi connectivity index (χ0n) is 10.6. The Bertz CT molecular complexity index is 407. The first-order chi connectivity index (χ1) is 8.61. The van der Waals surface area contributed by atoms with E-state index in [0.717, 1.165) is 16.9 Å². The van der Waals surface area contributed by atoms with Gasteiger partial charge in [-0.05, 0) is 43.4 Å². The van der Waals surface area contributed by atoms with Crippen molar-refractivity contribution < 1.29 is 4.39 Å². The minimum Gasteiger partial charge on any atom is -0.329 e. The van der Waals surface area contributed by atoms with Crippen LogP contribution in [0, 0.1) is 17.7 Å². The predicted molar refractivity (Wildman–Crippen MR) is 75.8 cm³/mol. The fourth-order valence-electron chi connectivity index (χ4n) is 2.26. The van der Waals surface area contributed by atoms with Crippen molar-refractivity contribution in [3.05, 3.63) is 34.1 Å². The highest BCUT2D eigenvalue weighted by Gasteiger charge is 2.28. The van der Waals surface area contributed by atoms with E-state index in [1.54, 1.807) is 6.07 Å². The number of hydrogen-bond acceptors (Lipinski definition) is 2. The molecular formula is C14H20BrFN2. The highest BCUT2D eigenvalue weighted by molar-refractivity contribution is 9.10. The first-order valence-corrected chi connectivity index (χ1v) is 7.29. The molecule has 1 aromatic carbocycles. The highest BCUT2D eigenvalue weighted by atomic mass is 79.9. The second-order valence-electron chi connectivity index (χ2n) is 5.18. The Balaban J connectivity index is 1.98. The van der Waals surface area contributed by atoms with Crippen LogP contribution < -0.4 is 11.1 Å². The molecular weight excluding hydrogens is 295 g/mol. The first-order valence-electron chi connectivity index (χ1n) is 6.50. The molecule has 1 aliphatic carbocycles. The second kappa shape index (κ2) is 6.13. The fraction of sp³-hybridized carbons (Fsp3) is 0.571. The largest absolute Gasteiger partial charge is 0.329 e. The van der Waals surface area contributed by atoms with Gasteiger partial charge < -0.3 is 11.1 Å². The summed E-state index contributed by atoms with van der Waals surface area (Å²) >= 11 is 3.27. The number of rotatable bonds is 6. The lowest BCUT2D eigenvalue weighted by atomic mass is 10.0. The summed E-state index contributed by atoms with van der Waals surface area (Å²) in [5, 5.41) is 3.39. The molecule has 0 aliphatic heterocycles. The quantitative estimate of drug-likeness (QED) is 0.846. The maximum Gasteiger partial charge on any atom is 0.129 e. The van der Waals surface area contributed by atoms with Gasteiger partial charge in [0.25, 0.3) is 0 Å². The summed E-state index contributed by atoms with van der Waals surface area (Å²) < 4.78 is 14.6. The summed E-state index contributed by atoms with van der Waals surface area (Å²) in [7, 11) is 0. The topological polar surface area (TPSA) is 38.0 Å². The van der Waals surface area contributed by atoms with Crippen LogP contribution in [0.3, 0.4) is 0 Å². The summed E-state index contributed by atoms with van der Waals surface area (Å²) in [5.41, 5.74) is 6.41. The van der Waals surface area contributed by atoms with E-state index >= 15 is 0 Å². The Morgan fingerprint density at radius 2 is 2.22 bits per heavy atom. The van der Waals surface area contributed by atoms with Gasteiger partial charge in [0.05, 0.1) is 0 Å². The van der Waals surface area contributed by atoms with Crippen molar-refractivity contribution in [2.75, 3.05) is 13.1 Å². The van der Waals surface area contributed by atoms with Crippen LogP contribution in [0.4, 0.5) is 4.39 Å². The van der Waals surface area contributed by atoms with E-state index in [9.17, 15) is 4.39 Å². The van der Waals surface area contributed by atoms with E-state index < -0.39 is 0 Å². The van der Waals surface area contributed by atoms with Gasteiger partial charge in [-0.15, -0.1) is 0 Å². The molecule has 1 saturated carbocycles. The van der Waals surface area contributed by atoms with E-state index in [1.807, 2.05) is 6.07 Å². The van der Waals surface area contributed by atoms with Crippen molar-refractivity contribution in [1.29, 1.82) is 0 Å². The molecule has 2 nitrogen and oxygen atoms in total. The lowest BCUT2D eigenvalue weighted by Crippen LogP contribution is -2.32. The third-order valence-electron chi connectivity index (χ3n) is 3.69. The van der Waals surface area contributed by atoms with Crippen molar-refractivity contribution >= 4 is 15.9 Å². The van der Waals surface area contributed by atoms with E-state index in [1.165, 1.54) is 18.9 Å². The van der Waals surface area contributed by atoms with Crippen LogP contribution in [-0.2, 0) is 0 Å². The van der Waals surface area contributed by atoms with E-state index in [0.29, 0.717) is 18.0 Å². The average Bonchev–Trinajstić information content (AvgIpc) is 3.15. The first kappa shape index (κ1) is 14.0. The Labute approximate surface area is 116 Å². The summed E-state index contributed by atoms with van der Waals surface area (Å²) in [5.74, 6) is 1.30. The SMILES string of the molecule is CC(CNC(CN)c1ccc(Br)cc1F)C1CC1. The molecule has 0 bridgehead atoms. The molecule has 1 fully saturated rings. The minimum atomic E-state index is -0.202. The Kier molecular flexibility index (Phi) is 4.76. The molecule has 4 heteroatoms. The minimum absolute atomic E-state index is 0.0979. The van der Waals surface area contributed by atoms with Crippen molar-refractivity contribution in [2.45, 2.75) is 25.8 Å². The van der Waals surface area contributed by atoms with Crippen molar-refractivity contribution in [3.8, 4) is 0 Å². The lowest BCUT2D eigenvalue weighted by molar-refractivity contribution is 0.415. The van der Waals surface area contributed by atoms with E-state index in [2.05, 4.69) is 28.2 Å². The van der Waals surface area contributed by atoms with Crippen molar-refractivity contribution in [3.63, 3.8) is 0 Å². The summed E-state index contributed by atoms with van der Waals surface area (Å²) in [6, 6.07) is 5.04. The van der Waals surface area contributed by atoms with E-state index in [4.69, 9.17) is 5.73 Å². The predicted octanol–water partition coefficient (Wildman–Crippen LogP) is 3.22. The Morgan fingerprint density at radius 3 is 2.78 bits per heavy atom. The third kappa shape index (κ3) is 3.53. The molecule has 0 saturated heterocycles. The zero-order valence-corrected chi connectivity index (χ0v) is 12.2. The average molecular weight is 315 g/mol. The lowest BCUT2D eigenvalue weighted by Gasteiger charge is -2.20. The molecule has 0 amide bonds. The zero-order chi connectivity index (χ0) is 13.1. The van der Waals surface area contributed by atoms with Crippen LogP contribution in [0.5, 0.6) is 0 Å². The van der Waals surface area contributed by atoms with Crippen molar-refractivity contribution in [1.82, 2.24) is 5.32 Å². The van der Waals surface area contributed by atoms with Gasteiger partial charge in [0.2, 0.25) is 0 Å². The van der Waals surface area contributed by atoms with Gasteiger partial charge in [-0.25, -0.2) is 4.39 Å². The Morgan fingerprint density at radius 1 is 1.50 bits per heavy atom. The molecule has 1 aromatic rings. The molecule has 2 atom stereocenters. The Hall–Kier alpha value is -0.450. The third-order valence-corrected chi connectivity index (χ3v) is 4.18. The van der Waals surface area contributed by atoms with Gasteiger partial charge in [-0.1, -0.05) is 28.9 Å². The molecule has 0 spiro atoms. The van der Waals surface area contributed by atoms with Crippen LogP contribution in [0.2, 0.25) is 0 Å². The molecule has 0 heterocycles. The number of benzene rings is 1. The molecule has 2 rings (SSSR count). The molecule has 0 aromatic heterocycles. The number of halogens is 2. The molecule has 100 valence electrons. The summed E-state index contributed by atoms with van der Waals surface area (Å²) in [4.78, 5) is 0. The van der Waals surface area contributed by atoms with Crippen LogP contribution in [0.15, 0.2) is 22.7 Å². The smallest absolute Gasteiger partial charge is 0.129 e. The molecule has 0 radical (unpaired) electrons. The molecule has 3 N–H and O–H groups in total. The maximum atomic E-state index is 13.9. The second-order valence-corrected chi connectivity index (χ2v) is 6.09. The van der Waals surface area contributed by atoms with Gasteiger partial charge in [0.15, 0.2) is 0 Å². The van der Waals surface area contributed by atoms with Crippen LogP contribution in [0.1, 0.15) is 31.4 Å². The number of nitrogens with one attached hydrogen (secondary N) is 1. The maximum absolute atomic E-state index is 13.9.